The van der Waals surface area contributed by atoms with Crippen LogP contribution in [-0.2, 0) is 22.4 Å². The van der Waals surface area contributed by atoms with Crippen LogP contribution in [0.5, 0.6) is 11.5 Å². The zero-order chi connectivity index (χ0) is 39.3. The van der Waals surface area contributed by atoms with Gasteiger partial charge in [-0.25, -0.2) is 0 Å². The number of nitrogens with zero attached hydrogens (tertiary/aromatic N) is 2. The molecule has 4 aromatic rings. The smallest absolute Gasteiger partial charge is 0.251 e. The number of para-hydroxylation sites is 1. The fourth-order valence-electron chi connectivity index (χ4n) is 7.57. The molecule has 6 N–H and O–H groups in total. The second-order valence-corrected chi connectivity index (χ2v) is 14.8. The summed E-state index contributed by atoms with van der Waals surface area (Å²) in [6.45, 7) is 1.82. The fourth-order valence-corrected chi connectivity index (χ4v) is 7.57. The average molecular weight is 761 g/mol. The van der Waals surface area contributed by atoms with Crippen LogP contribution in [0, 0.1) is 11.8 Å². The number of fused-ring (bicyclic) bond motifs is 1. The number of hydrogen-bond donors (Lipinski definition) is 5. The number of phenols is 1. The summed E-state index contributed by atoms with van der Waals surface area (Å²) in [5.41, 5.74) is 11.5. The van der Waals surface area contributed by atoms with Crippen molar-refractivity contribution in [1.82, 2.24) is 20.8 Å². The molecular formula is C44H52N6O6. The Morgan fingerprint density at radius 2 is 1.59 bits per heavy atom. The molecule has 1 saturated heterocycles. The fraction of sp³-hybridized carbons (Fsp3) is 0.409. The summed E-state index contributed by atoms with van der Waals surface area (Å²) >= 11 is 0. The van der Waals surface area contributed by atoms with Crippen molar-refractivity contribution in [2.24, 2.45) is 11.8 Å². The molecule has 0 bridgehead atoms. The second kappa shape index (κ2) is 19.7. The van der Waals surface area contributed by atoms with E-state index in [1.165, 1.54) is 0 Å². The first-order chi connectivity index (χ1) is 27.3. The van der Waals surface area contributed by atoms with E-state index >= 15 is 0 Å². The number of unbranched alkanes of at least 4 members (excludes halogenated alkanes) is 5. The molecule has 6 rings (SSSR count). The van der Waals surface area contributed by atoms with Gasteiger partial charge in [0.05, 0.1) is 6.61 Å². The molecule has 0 spiro atoms. The Morgan fingerprint density at radius 1 is 0.839 bits per heavy atom. The molecule has 1 fully saturated rings. The van der Waals surface area contributed by atoms with Crippen LogP contribution >= 0.6 is 0 Å². The maximum Gasteiger partial charge on any atom is 0.251 e. The van der Waals surface area contributed by atoms with E-state index < -0.39 is 0 Å². The number of nitrogen functional groups attached to an aromatic ring is 1. The summed E-state index contributed by atoms with van der Waals surface area (Å²) in [7, 11) is 0. The van der Waals surface area contributed by atoms with Crippen LogP contribution in [0.3, 0.4) is 0 Å². The summed E-state index contributed by atoms with van der Waals surface area (Å²) in [5.74, 6) is -0.250. The number of amides is 3. The average Bonchev–Trinajstić information content (AvgIpc) is 3.36. The zero-order valence-corrected chi connectivity index (χ0v) is 31.9. The molecule has 3 amide bonds. The number of phenolic OH excluding ortho intramolecular Hbond substituents is 1. The van der Waals surface area contributed by atoms with Crippen LogP contribution in [-0.4, -0.2) is 58.5 Å². The summed E-state index contributed by atoms with van der Waals surface area (Å²) in [6.07, 6.45) is 10.8. The minimum Gasteiger partial charge on any atom is -0.507 e. The van der Waals surface area contributed by atoms with Crippen molar-refractivity contribution in [2.45, 2.75) is 83.5 Å². The van der Waals surface area contributed by atoms with Gasteiger partial charge in [-0.1, -0.05) is 62.1 Å². The largest absolute Gasteiger partial charge is 0.507 e. The van der Waals surface area contributed by atoms with E-state index in [2.05, 4.69) is 32.2 Å². The highest BCUT2D eigenvalue weighted by Crippen LogP contribution is 2.34. The second-order valence-electron chi connectivity index (χ2n) is 14.8. The first-order valence-electron chi connectivity index (χ1n) is 19.9. The van der Waals surface area contributed by atoms with E-state index in [9.17, 15) is 24.3 Å². The number of piperidine rings is 1. The SMILES string of the molecule is Nc1nnc(-c2ccccc2O)cc1OCCc1ccc(C(=O)NCCCCCCCCNc2cccc3c2CCCC(CC2CCC(=O)NC2=O)C3=O)cc1. The lowest BCUT2D eigenvalue weighted by Crippen LogP contribution is -2.41. The minimum absolute atomic E-state index is 0.0865. The summed E-state index contributed by atoms with van der Waals surface area (Å²) in [5, 5.41) is 27.2. The molecule has 0 radical (unpaired) electrons. The van der Waals surface area contributed by atoms with Gasteiger partial charge in [-0.3, -0.25) is 24.5 Å². The number of aromatic nitrogens is 2. The van der Waals surface area contributed by atoms with E-state index in [4.69, 9.17) is 10.5 Å². The Labute approximate surface area is 328 Å². The van der Waals surface area contributed by atoms with Crippen LogP contribution in [0.25, 0.3) is 11.3 Å². The van der Waals surface area contributed by atoms with Gasteiger partial charge >= 0.3 is 0 Å². The Balaban J connectivity index is 0.831. The number of nitrogens with one attached hydrogen (secondary N) is 3. The number of anilines is 2. The third-order valence-electron chi connectivity index (χ3n) is 10.7. The van der Waals surface area contributed by atoms with Crippen LogP contribution in [0.15, 0.2) is 72.8 Å². The normalized spacial score (nSPS) is 16.8. The van der Waals surface area contributed by atoms with Gasteiger partial charge < -0.3 is 26.2 Å². The molecule has 0 saturated carbocycles. The molecule has 2 atom stereocenters. The van der Waals surface area contributed by atoms with Gasteiger partial charge in [0, 0.05) is 66.2 Å². The number of benzene rings is 3. The molecule has 2 aliphatic rings. The van der Waals surface area contributed by atoms with E-state index in [1.807, 2.05) is 36.4 Å². The minimum atomic E-state index is -0.278. The standard InChI is InChI=1S/C44H52N6O6/c45-42-39(28-37(49-50-42)35-12-5-6-16-38(35)51)56-26-23-29-17-19-30(20-18-29)43(54)47-25-8-4-2-1-3-7-24-46-36-15-10-14-34-33(36)13-9-11-31(41(34)53)27-32-21-22-40(52)48-44(32)55/h5-6,10,12,14-20,28,31-32,46,51H,1-4,7-9,11,13,21-27H2,(H2,45,50)(H,47,54)(H,48,52,55). The van der Waals surface area contributed by atoms with Crippen molar-refractivity contribution in [3.05, 3.63) is 95.1 Å². The molecule has 294 valence electrons. The summed E-state index contributed by atoms with van der Waals surface area (Å²) < 4.78 is 5.89. The lowest BCUT2D eigenvalue weighted by molar-refractivity contribution is -0.136. The Kier molecular flexibility index (Phi) is 14.0. The number of nitrogens with two attached hydrogens (primary N) is 1. The van der Waals surface area contributed by atoms with Gasteiger partial charge in [0.25, 0.3) is 5.91 Å². The number of ketones is 1. The Hall–Kier alpha value is -5.78. The van der Waals surface area contributed by atoms with E-state index in [0.717, 1.165) is 86.7 Å². The molecule has 2 unspecified atom stereocenters. The molecule has 1 aliphatic carbocycles. The van der Waals surface area contributed by atoms with Crippen molar-refractivity contribution in [2.75, 3.05) is 30.7 Å². The zero-order valence-electron chi connectivity index (χ0n) is 31.9. The van der Waals surface area contributed by atoms with Gasteiger partial charge in [-0.05, 0) is 86.4 Å². The lowest BCUT2D eigenvalue weighted by Gasteiger charge is -2.24. The topological polar surface area (TPSA) is 186 Å². The number of Topliss-reactive ketones (excluding diaryl/α,β-unsaturated/α-hetero) is 1. The molecule has 1 aliphatic heterocycles. The van der Waals surface area contributed by atoms with E-state index in [0.29, 0.717) is 61.4 Å². The molecule has 12 heteroatoms. The highest BCUT2D eigenvalue weighted by molar-refractivity contribution is 6.02. The first kappa shape index (κ1) is 39.9. The third kappa shape index (κ3) is 10.7. The molecule has 56 heavy (non-hydrogen) atoms. The summed E-state index contributed by atoms with van der Waals surface area (Å²) in [6, 6.07) is 21.9. The highest BCUT2D eigenvalue weighted by Gasteiger charge is 2.33. The first-order valence-corrected chi connectivity index (χ1v) is 19.9. The Morgan fingerprint density at radius 3 is 2.38 bits per heavy atom. The van der Waals surface area contributed by atoms with Crippen molar-refractivity contribution in [1.29, 1.82) is 0 Å². The number of ether oxygens (including phenoxy) is 1. The van der Waals surface area contributed by atoms with Crippen LogP contribution in [0.1, 0.15) is 102 Å². The monoisotopic (exact) mass is 760 g/mol. The van der Waals surface area contributed by atoms with Gasteiger partial charge in [-0.15, -0.1) is 10.2 Å². The predicted octanol–water partition coefficient (Wildman–Crippen LogP) is 6.81. The van der Waals surface area contributed by atoms with E-state index in [-0.39, 0.29) is 46.9 Å². The van der Waals surface area contributed by atoms with Gasteiger partial charge in [0.15, 0.2) is 17.4 Å². The third-order valence-corrected chi connectivity index (χ3v) is 10.7. The van der Waals surface area contributed by atoms with Crippen LogP contribution in [0.2, 0.25) is 0 Å². The highest BCUT2D eigenvalue weighted by atomic mass is 16.5. The number of aromatic hydroxyl groups is 1. The number of carbonyl (C=O) groups is 4. The van der Waals surface area contributed by atoms with Gasteiger partial charge in [0.1, 0.15) is 11.4 Å². The maximum absolute atomic E-state index is 13.5. The molecule has 1 aromatic heterocycles. The number of rotatable bonds is 18. The van der Waals surface area contributed by atoms with E-state index in [1.54, 1.807) is 30.3 Å². The van der Waals surface area contributed by atoms with Crippen molar-refractivity contribution in [3.8, 4) is 22.8 Å². The summed E-state index contributed by atoms with van der Waals surface area (Å²) in [4.78, 5) is 50.1. The Bertz CT molecular complexity index is 2000. The molecule has 2 heterocycles. The van der Waals surface area contributed by atoms with Gasteiger partial charge in [0.2, 0.25) is 11.8 Å². The predicted molar refractivity (Wildman–Crippen MR) is 215 cm³/mol. The van der Waals surface area contributed by atoms with Crippen molar-refractivity contribution < 1.29 is 29.0 Å². The maximum atomic E-state index is 13.5. The van der Waals surface area contributed by atoms with Crippen LogP contribution < -0.4 is 26.4 Å². The van der Waals surface area contributed by atoms with Gasteiger partial charge in [-0.2, -0.15) is 0 Å². The lowest BCUT2D eigenvalue weighted by atomic mass is 9.83. The molecular weight excluding hydrogens is 709 g/mol. The number of imide groups is 1. The van der Waals surface area contributed by atoms with Crippen LogP contribution in [0.4, 0.5) is 11.5 Å². The van der Waals surface area contributed by atoms with Crippen molar-refractivity contribution >= 4 is 35.0 Å². The molecule has 3 aromatic carbocycles. The van der Waals surface area contributed by atoms with Crippen molar-refractivity contribution in [3.63, 3.8) is 0 Å². The number of carbonyl (C=O) groups excluding carboxylic acids is 4. The number of hydrogen-bond acceptors (Lipinski definition) is 10. The molecule has 12 nitrogen and oxygen atoms in total. The quantitative estimate of drug-likeness (QED) is 0.0410.